The van der Waals surface area contributed by atoms with Gasteiger partial charge in [0.1, 0.15) is 0 Å². The Morgan fingerprint density at radius 2 is 2.29 bits per heavy atom. The Kier molecular flexibility index (Phi) is 7.74. The molecule has 1 aromatic rings. The highest BCUT2D eigenvalue weighted by Crippen LogP contribution is 2.37. The molecule has 0 saturated carbocycles. The molecule has 0 aromatic carbocycles. The van der Waals surface area contributed by atoms with Crippen LogP contribution in [0.3, 0.4) is 0 Å². The van der Waals surface area contributed by atoms with E-state index in [1.54, 1.807) is 11.3 Å². The topological polar surface area (TPSA) is 49.8 Å². The zero-order valence-electron chi connectivity index (χ0n) is 14.7. The molecule has 1 spiro atoms. The molecule has 1 unspecified atom stereocenters. The van der Waals surface area contributed by atoms with Crippen LogP contribution in [0, 0.1) is 5.41 Å². The molecule has 2 saturated heterocycles. The van der Waals surface area contributed by atoms with Crippen LogP contribution in [0.1, 0.15) is 43.3 Å². The van der Waals surface area contributed by atoms with Crippen molar-refractivity contribution in [1.29, 1.82) is 0 Å². The SMILES string of the molecule is CCc1nc(CNC(=NC)N2CCCC3(CCCOC3)C2)cs1.I. The average Bonchev–Trinajstić information content (AvgIpc) is 3.04. The standard InChI is InChI=1S/C17H28N4OS.HI/c1-3-15-20-14(11-23-15)10-19-16(18-2)21-8-4-6-17(12-21)7-5-9-22-13-17;/h11H,3-10,12-13H2,1-2H3,(H,18,19);1H. The Morgan fingerprint density at radius 1 is 1.46 bits per heavy atom. The quantitative estimate of drug-likeness (QED) is 0.424. The maximum atomic E-state index is 5.77. The molecule has 1 N–H and O–H groups in total. The first-order chi connectivity index (χ1) is 11.2. The second kappa shape index (κ2) is 9.33. The van der Waals surface area contributed by atoms with Gasteiger partial charge < -0.3 is 15.0 Å². The van der Waals surface area contributed by atoms with E-state index < -0.39 is 0 Å². The second-order valence-electron chi connectivity index (χ2n) is 6.67. The third kappa shape index (κ3) is 4.82. The Bertz CT molecular complexity index is 537. The lowest BCUT2D eigenvalue weighted by Crippen LogP contribution is -2.52. The molecule has 1 aromatic heterocycles. The van der Waals surface area contributed by atoms with Gasteiger partial charge in [-0.2, -0.15) is 0 Å². The highest BCUT2D eigenvalue weighted by atomic mass is 127. The van der Waals surface area contributed by atoms with Gasteiger partial charge in [-0.25, -0.2) is 4.98 Å². The number of ether oxygens (including phenoxy) is 1. The molecule has 24 heavy (non-hydrogen) atoms. The number of halogens is 1. The molecule has 0 amide bonds. The van der Waals surface area contributed by atoms with Crippen LogP contribution in [0.5, 0.6) is 0 Å². The van der Waals surface area contributed by atoms with Gasteiger partial charge in [-0.1, -0.05) is 6.92 Å². The van der Waals surface area contributed by atoms with Crippen molar-refractivity contribution in [1.82, 2.24) is 15.2 Å². The van der Waals surface area contributed by atoms with Crippen LogP contribution in [0.2, 0.25) is 0 Å². The Labute approximate surface area is 166 Å². The van der Waals surface area contributed by atoms with E-state index in [0.717, 1.165) is 50.9 Å². The average molecular weight is 464 g/mol. The van der Waals surface area contributed by atoms with Gasteiger partial charge in [0.15, 0.2) is 5.96 Å². The summed E-state index contributed by atoms with van der Waals surface area (Å²) in [5.41, 5.74) is 1.45. The maximum Gasteiger partial charge on any atom is 0.193 e. The highest BCUT2D eigenvalue weighted by molar-refractivity contribution is 14.0. The second-order valence-corrected chi connectivity index (χ2v) is 7.61. The summed E-state index contributed by atoms with van der Waals surface area (Å²) >= 11 is 1.74. The van der Waals surface area contributed by atoms with E-state index in [-0.39, 0.29) is 24.0 Å². The zero-order valence-corrected chi connectivity index (χ0v) is 17.9. The van der Waals surface area contributed by atoms with Gasteiger partial charge in [-0.3, -0.25) is 4.99 Å². The van der Waals surface area contributed by atoms with Crippen LogP contribution in [0.15, 0.2) is 10.4 Å². The molecule has 0 bridgehead atoms. The molecule has 2 aliphatic rings. The summed E-state index contributed by atoms with van der Waals surface area (Å²) in [5.74, 6) is 1.00. The number of aliphatic imine (C=N–C) groups is 1. The predicted molar refractivity (Wildman–Crippen MR) is 110 cm³/mol. The largest absolute Gasteiger partial charge is 0.381 e. The fraction of sp³-hybridized carbons (Fsp3) is 0.765. The molecule has 0 radical (unpaired) electrons. The smallest absolute Gasteiger partial charge is 0.193 e. The van der Waals surface area contributed by atoms with Gasteiger partial charge in [0.05, 0.1) is 23.9 Å². The Morgan fingerprint density at radius 3 is 2.96 bits per heavy atom. The summed E-state index contributed by atoms with van der Waals surface area (Å²) in [4.78, 5) is 11.5. The summed E-state index contributed by atoms with van der Waals surface area (Å²) in [5, 5.41) is 6.84. The molecular formula is C17H29IN4OS. The van der Waals surface area contributed by atoms with E-state index in [1.165, 1.54) is 30.7 Å². The summed E-state index contributed by atoms with van der Waals surface area (Å²) in [6.07, 6.45) is 5.99. The molecule has 0 aliphatic carbocycles. The molecule has 2 aliphatic heterocycles. The maximum absolute atomic E-state index is 5.77. The van der Waals surface area contributed by atoms with E-state index in [0.29, 0.717) is 5.41 Å². The summed E-state index contributed by atoms with van der Waals surface area (Å²) < 4.78 is 5.77. The first-order valence-electron chi connectivity index (χ1n) is 8.71. The fourth-order valence-electron chi connectivity index (χ4n) is 3.72. The van der Waals surface area contributed by atoms with Gasteiger partial charge in [0.25, 0.3) is 0 Å². The van der Waals surface area contributed by atoms with E-state index in [2.05, 4.69) is 32.5 Å². The fourth-order valence-corrected chi connectivity index (χ4v) is 4.46. The van der Waals surface area contributed by atoms with Crippen molar-refractivity contribution in [2.24, 2.45) is 10.4 Å². The van der Waals surface area contributed by atoms with Crippen molar-refractivity contribution in [3.8, 4) is 0 Å². The number of likely N-dealkylation sites (tertiary alicyclic amines) is 1. The van der Waals surface area contributed by atoms with E-state index in [4.69, 9.17) is 4.74 Å². The van der Waals surface area contributed by atoms with Gasteiger partial charge in [0.2, 0.25) is 0 Å². The zero-order chi connectivity index (χ0) is 16.1. The summed E-state index contributed by atoms with van der Waals surface area (Å²) in [6.45, 7) is 6.88. The van der Waals surface area contributed by atoms with Crippen molar-refractivity contribution in [2.75, 3.05) is 33.4 Å². The number of thiazole rings is 1. The molecule has 5 nitrogen and oxygen atoms in total. The van der Waals surface area contributed by atoms with Crippen molar-refractivity contribution in [3.63, 3.8) is 0 Å². The van der Waals surface area contributed by atoms with E-state index in [9.17, 15) is 0 Å². The number of piperidine rings is 1. The first kappa shape index (κ1) is 19.9. The van der Waals surface area contributed by atoms with Gasteiger partial charge in [-0.15, -0.1) is 35.3 Å². The number of nitrogens with zero attached hydrogens (tertiary/aromatic N) is 3. The number of aromatic nitrogens is 1. The predicted octanol–water partition coefficient (Wildman–Crippen LogP) is 3.29. The summed E-state index contributed by atoms with van der Waals surface area (Å²) in [6, 6.07) is 0. The third-order valence-corrected chi connectivity index (χ3v) is 5.95. The number of rotatable bonds is 3. The molecular weight excluding hydrogens is 435 g/mol. The lowest BCUT2D eigenvalue weighted by atomic mass is 9.76. The molecule has 7 heteroatoms. The minimum atomic E-state index is 0. The molecule has 1 atom stereocenters. The van der Waals surface area contributed by atoms with Crippen LogP contribution in [-0.4, -0.2) is 49.2 Å². The highest BCUT2D eigenvalue weighted by Gasteiger charge is 2.38. The van der Waals surface area contributed by atoms with Gasteiger partial charge >= 0.3 is 0 Å². The minimum Gasteiger partial charge on any atom is -0.381 e. The number of aryl methyl sites for hydroxylation is 1. The third-order valence-electron chi connectivity index (χ3n) is 4.91. The minimum absolute atomic E-state index is 0. The van der Waals surface area contributed by atoms with Crippen LogP contribution >= 0.6 is 35.3 Å². The molecule has 2 fully saturated rings. The lowest BCUT2D eigenvalue weighted by Gasteiger charge is -2.45. The normalized spacial score (nSPS) is 24.8. The van der Waals surface area contributed by atoms with Crippen LogP contribution in [-0.2, 0) is 17.7 Å². The number of hydrogen-bond acceptors (Lipinski definition) is 4. The van der Waals surface area contributed by atoms with Crippen molar-refractivity contribution >= 4 is 41.3 Å². The number of nitrogens with one attached hydrogen (secondary N) is 1. The Hall–Kier alpha value is -0.410. The Balaban J connectivity index is 0.00000208. The van der Waals surface area contributed by atoms with Crippen LogP contribution in [0.4, 0.5) is 0 Å². The lowest BCUT2D eigenvalue weighted by molar-refractivity contribution is -0.0370. The van der Waals surface area contributed by atoms with Crippen LogP contribution in [0.25, 0.3) is 0 Å². The number of guanidine groups is 1. The van der Waals surface area contributed by atoms with Crippen molar-refractivity contribution in [2.45, 2.75) is 45.6 Å². The molecule has 136 valence electrons. The number of hydrogen-bond donors (Lipinski definition) is 1. The monoisotopic (exact) mass is 464 g/mol. The van der Waals surface area contributed by atoms with Crippen molar-refractivity contribution < 1.29 is 4.74 Å². The summed E-state index contributed by atoms with van der Waals surface area (Å²) in [7, 11) is 1.87. The molecule has 3 rings (SSSR count). The van der Waals surface area contributed by atoms with Gasteiger partial charge in [0, 0.05) is 37.5 Å². The van der Waals surface area contributed by atoms with E-state index in [1.807, 2.05) is 7.05 Å². The first-order valence-corrected chi connectivity index (χ1v) is 9.59. The van der Waals surface area contributed by atoms with Gasteiger partial charge in [-0.05, 0) is 32.1 Å². The van der Waals surface area contributed by atoms with Crippen LogP contribution < -0.4 is 5.32 Å². The van der Waals surface area contributed by atoms with Crippen molar-refractivity contribution in [3.05, 3.63) is 16.1 Å². The molecule has 3 heterocycles. The van der Waals surface area contributed by atoms with E-state index >= 15 is 0 Å².